The molecule has 1 aliphatic carbocycles. The summed E-state index contributed by atoms with van der Waals surface area (Å²) in [4.78, 5) is 11.6. The highest BCUT2D eigenvalue weighted by Gasteiger charge is 2.39. The van der Waals surface area contributed by atoms with E-state index in [0.29, 0.717) is 4.47 Å². The van der Waals surface area contributed by atoms with Crippen molar-refractivity contribution in [3.63, 3.8) is 0 Å². The van der Waals surface area contributed by atoms with Crippen LogP contribution in [0.15, 0.2) is 22.7 Å². The molecule has 2 N–H and O–H groups in total. The number of halogens is 2. The number of carboxylic acids is 1. The number of hydrogen-bond acceptors (Lipinski definition) is 2. The van der Waals surface area contributed by atoms with E-state index in [4.69, 9.17) is 0 Å². The maximum Gasteiger partial charge on any atom is 0.328 e. The number of nitrogens with one attached hydrogen (secondary N) is 1. The van der Waals surface area contributed by atoms with Crippen molar-refractivity contribution in [2.75, 3.05) is 0 Å². The smallest absolute Gasteiger partial charge is 0.328 e. The van der Waals surface area contributed by atoms with Gasteiger partial charge in [0.05, 0.1) is 0 Å². The molecule has 0 spiro atoms. The van der Waals surface area contributed by atoms with E-state index in [1.807, 2.05) is 0 Å². The topological polar surface area (TPSA) is 49.3 Å². The van der Waals surface area contributed by atoms with Crippen LogP contribution in [0, 0.1) is 5.82 Å². The molecule has 0 radical (unpaired) electrons. The van der Waals surface area contributed by atoms with Crippen LogP contribution in [-0.2, 0) is 10.3 Å². The predicted molar refractivity (Wildman–Crippen MR) is 74.5 cm³/mol. The molecular formula is C14H17BrFNO2. The minimum Gasteiger partial charge on any atom is -0.480 e. The summed E-state index contributed by atoms with van der Waals surface area (Å²) in [5.74, 6) is -1.56. The zero-order chi connectivity index (χ0) is 14.0. The molecule has 3 nitrogen and oxygen atoms in total. The summed E-state index contributed by atoms with van der Waals surface area (Å²) in [6.07, 6.45) is 4.07. The van der Waals surface area contributed by atoms with Crippen LogP contribution in [0.2, 0.25) is 0 Å². The highest BCUT2D eigenvalue weighted by Crippen LogP contribution is 2.30. The molecule has 5 heteroatoms. The van der Waals surface area contributed by atoms with Gasteiger partial charge in [-0.25, -0.2) is 9.18 Å². The summed E-state index contributed by atoms with van der Waals surface area (Å²) in [5, 5.41) is 12.6. The lowest BCUT2D eigenvalue weighted by molar-refractivity contribution is -0.145. The Morgan fingerprint density at radius 3 is 2.68 bits per heavy atom. The molecule has 19 heavy (non-hydrogen) atoms. The fourth-order valence-electron chi connectivity index (χ4n) is 2.61. The normalized spacial score (nSPS) is 19.3. The molecule has 0 bridgehead atoms. The molecule has 104 valence electrons. The second-order valence-electron chi connectivity index (χ2n) is 5.18. The van der Waals surface area contributed by atoms with Crippen LogP contribution in [0.3, 0.4) is 0 Å². The van der Waals surface area contributed by atoms with Crippen LogP contribution in [0.25, 0.3) is 0 Å². The lowest BCUT2D eigenvalue weighted by Gasteiger charge is -2.30. The fraction of sp³-hybridized carbons (Fsp3) is 0.500. The Bertz CT molecular complexity index is 488. The van der Waals surface area contributed by atoms with Gasteiger partial charge in [0.25, 0.3) is 0 Å². The summed E-state index contributed by atoms with van der Waals surface area (Å²) in [6, 6.07) is 4.53. The van der Waals surface area contributed by atoms with Crippen molar-refractivity contribution in [1.29, 1.82) is 0 Å². The summed E-state index contributed by atoms with van der Waals surface area (Å²) < 4.78 is 14.6. The van der Waals surface area contributed by atoms with Crippen LogP contribution in [0.4, 0.5) is 4.39 Å². The van der Waals surface area contributed by atoms with Gasteiger partial charge in [-0.15, -0.1) is 0 Å². The van der Waals surface area contributed by atoms with Crippen molar-refractivity contribution >= 4 is 21.9 Å². The third-order valence-corrected chi connectivity index (χ3v) is 4.24. The van der Waals surface area contributed by atoms with E-state index < -0.39 is 17.3 Å². The maximum absolute atomic E-state index is 14.0. The quantitative estimate of drug-likeness (QED) is 0.889. The molecule has 0 aliphatic heterocycles. The van der Waals surface area contributed by atoms with E-state index in [9.17, 15) is 14.3 Å². The molecule has 1 atom stereocenters. The first-order chi connectivity index (χ1) is 8.93. The fourth-order valence-corrected chi connectivity index (χ4v) is 2.97. The zero-order valence-electron chi connectivity index (χ0n) is 10.7. The molecule has 1 aliphatic rings. The Hall–Kier alpha value is -0.940. The van der Waals surface area contributed by atoms with Gasteiger partial charge in [-0.1, -0.05) is 28.8 Å². The molecule has 1 unspecified atom stereocenters. The summed E-state index contributed by atoms with van der Waals surface area (Å²) in [6.45, 7) is 1.53. The van der Waals surface area contributed by atoms with Crippen molar-refractivity contribution in [3.8, 4) is 0 Å². The highest BCUT2D eigenvalue weighted by atomic mass is 79.9. The first-order valence-corrected chi connectivity index (χ1v) is 7.19. The van der Waals surface area contributed by atoms with E-state index in [2.05, 4.69) is 21.2 Å². The second kappa shape index (κ2) is 5.59. The SMILES string of the molecule is CC(NC1CCCC1)(C(=O)O)c1cc(Br)ccc1F. The van der Waals surface area contributed by atoms with Gasteiger partial charge in [0.1, 0.15) is 11.4 Å². The van der Waals surface area contributed by atoms with Gasteiger partial charge in [0, 0.05) is 16.1 Å². The van der Waals surface area contributed by atoms with Gasteiger partial charge in [-0.3, -0.25) is 5.32 Å². The lowest BCUT2D eigenvalue weighted by Crippen LogP contribution is -2.51. The van der Waals surface area contributed by atoms with Crippen LogP contribution < -0.4 is 5.32 Å². The monoisotopic (exact) mass is 329 g/mol. The van der Waals surface area contributed by atoms with Crippen molar-refractivity contribution < 1.29 is 14.3 Å². The van der Waals surface area contributed by atoms with Gasteiger partial charge in [0.15, 0.2) is 0 Å². The number of carbonyl (C=O) groups is 1. The van der Waals surface area contributed by atoms with Gasteiger partial charge in [-0.2, -0.15) is 0 Å². The Labute approximate surface area is 120 Å². The lowest BCUT2D eigenvalue weighted by atomic mass is 9.90. The maximum atomic E-state index is 14.0. The van der Waals surface area contributed by atoms with Crippen molar-refractivity contribution in [3.05, 3.63) is 34.1 Å². The first-order valence-electron chi connectivity index (χ1n) is 6.40. The zero-order valence-corrected chi connectivity index (χ0v) is 12.3. The highest BCUT2D eigenvalue weighted by molar-refractivity contribution is 9.10. The second-order valence-corrected chi connectivity index (χ2v) is 6.10. The van der Waals surface area contributed by atoms with E-state index >= 15 is 0 Å². The Balaban J connectivity index is 2.37. The molecule has 0 heterocycles. The average Bonchev–Trinajstić information content (AvgIpc) is 2.84. The minimum atomic E-state index is -1.40. The number of rotatable bonds is 4. The van der Waals surface area contributed by atoms with E-state index in [-0.39, 0.29) is 11.6 Å². The molecule has 1 aromatic rings. The molecule has 0 saturated heterocycles. The molecule has 1 saturated carbocycles. The third kappa shape index (κ3) is 2.98. The van der Waals surface area contributed by atoms with Crippen molar-refractivity contribution in [2.45, 2.75) is 44.2 Å². The number of carboxylic acid groups (broad SMARTS) is 1. The number of hydrogen-bond donors (Lipinski definition) is 2. The van der Waals surface area contributed by atoms with E-state index in [1.165, 1.54) is 19.1 Å². The predicted octanol–water partition coefficient (Wildman–Crippen LogP) is 3.42. The Morgan fingerprint density at radius 2 is 2.11 bits per heavy atom. The van der Waals surface area contributed by atoms with Crippen LogP contribution in [0.1, 0.15) is 38.2 Å². The Kier molecular flexibility index (Phi) is 4.26. The largest absolute Gasteiger partial charge is 0.480 e. The molecule has 0 amide bonds. The van der Waals surface area contributed by atoms with Crippen LogP contribution in [0.5, 0.6) is 0 Å². The molecule has 2 rings (SSSR count). The average molecular weight is 330 g/mol. The number of benzene rings is 1. The Morgan fingerprint density at radius 1 is 1.47 bits per heavy atom. The number of aliphatic carboxylic acids is 1. The molecule has 0 aromatic heterocycles. The van der Waals surface area contributed by atoms with Gasteiger partial charge in [0.2, 0.25) is 0 Å². The van der Waals surface area contributed by atoms with Crippen LogP contribution in [-0.4, -0.2) is 17.1 Å². The molecule has 1 fully saturated rings. The van der Waals surface area contributed by atoms with Crippen molar-refractivity contribution in [2.24, 2.45) is 0 Å². The summed E-state index contributed by atoms with van der Waals surface area (Å²) >= 11 is 3.26. The first kappa shape index (κ1) is 14.5. The van der Waals surface area contributed by atoms with Crippen molar-refractivity contribution in [1.82, 2.24) is 5.32 Å². The van der Waals surface area contributed by atoms with E-state index in [0.717, 1.165) is 25.7 Å². The molecule has 1 aromatic carbocycles. The third-order valence-electron chi connectivity index (χ3n) is 3.74. The van der Waals surface area contributed by atoms with Gasteiger partial charge in [-0.05, 0) is 38.0 Å². The van der Waals surface area contributed by atoms with Gasteiger partial charge < -0.3 is 5.11 Å². The molecular weight excluding hydrogens is 313 g/mol. The minimum absolute atomic E-state index is 0.138. The summed E-state index contributed by atoms with van der Waals surface area (Å²) in [7, 11) is 0. The van der Waals surface area contributed by atoms with Gasteiger partial charge >= 0.3 is 5.97 Å². The van der Waals surface area contributed by atoms with E-state index in [1.54, 1.807) is 6.07 Å². The summed E-state index contributed by atoms with van der Waals surface area (Å²) in [5.41, 5.74) is -1.23. The van der Waals surface area contributed by atoms with Crippen LogP contribution >= 0.6 is 15.9 Å². The standard InChI is InChI=1S/C14H17BrFNO2/c1-14(13(18)19,17-10-4-2-3-5-10)11-8-9(15)6-7-12(11)16/h6-8,10,17H,2-5H2,1H3,(H,18,19).